The van der Waals surface area contributed by atoms with E-state index in [-0.39, 0.29) is 23.7 Å². The maximum absolute atomic E-state index is 13.4. The van der Waals surface area contributed by atoms with Crippen molar-refractivity contribution < 1.29 is 33.3 Å². The van der Waals surface area contributed by atoms with Crippen LogP contribution in [-0.4, -0.2) is 88.1 Å². The van der Waals surface area contributed by atoms with Crippen LogP contribution in [0.3, 0.4) is 0 Å². The second-order valence-electron chi connectivity index (χ2n) is 12.4. The van der Waals surface area contributed by atoms with Gasteiger partial charge in [-0.2, -0.15) is 0 Å². The lowest BCUT2D eigenvalue weighted by molar-refractivity contribution is -0.143. The summed E-state index contributed by atoms with van der Waals surface area (Å²) in [5.74, 6) is 3.07. The predicted octanol–water partition coefficient (Wildman–Crippen LogP) is 6.19. The van der Waals surface area contributed by atoms with E-state index in [4.69, 9.17) is 23.7 Å². The molecule has 1 aliphatic heterocycles. The summed E-state index contributed by atoms with van der Waals surface area (Å²) < 4.78 is 28.1. The molecule has 44 heavy (non-hydrogen) atoms. The maximum atomic E-state index is 13.4. The third-order valence-corrected chi connectivity index (χ3v) is 9.05. The molecular weight excluding hydrogens is 580 g/mol. The van der Waals surface area contributed by atoms with Gasteiger partial charge in [0, 0.05) is 48.5 Å². The van der Waals surface area contributed by atoms with Crippen molar-refractivity contribution in [2.45, 2.75) is 69.4 Å². The largest absolute Gasteiger partial charge is 0.496 e. The van der Waals surface area contributed by atoms with Crippen molar-refractivity contribution in [2.24, 2.45) is 5.92 Å². The standard InChI is InChI=1S/C34H50N2O7S/c1-22(2)26-20-27(23(3)17-28(26)42-16-15-35(6)7)43-33(38)24-11-13-36(14-12-24)31(37)21-34(4,5)44-32-29(40-9)18-25(39-8)19-30(32)41-10/h17-20,22,24H,11-16,21H2,1-10H3. The Kier molecular flexibility index (Phi) is 12.7. The Balaban J connectivity index is 1.60. The van der Waals surface area contributed by atoms with Gasteiger partial charge in [0.1, 0.15) is 35.4 Å². The Hall–Kier alpha value is -3.11. The first kappa shape index (κ1) is 35.4. The molecule has 1 heterocycles. The van der Waals surface area contributed by atoms with Gasteiger partial charge in [-0.15, -0.1) is 11.8 Å². The van der Waals surface area contributed by atoms with E-state index in [0.29, 0.717) is 62.0 Å². The molecule has 244 valence electrons. The molecule has 0 aromatic heterocycles. The van der Waals surface area contributed by atoms with Crippen molar-refractivity contribution in [1.82, 2.24) is 9.80 Å². The quantitative estimate of drug-likeness (QED) is 0.138. The molecule has 2 aromatic rings. The number of nitrogens with zero attached hydrogens (tertiary/aromatic N) is 2. The maximum Gasteiger partial charge on any atom is 0.314 e. The zero-order valence-corrected chi connectivity index (χ0v) is 28.9. The number of aryl methyl sites for hydroxylation is 1. The lowest BCUT2D eigenvalue weighted by Crippen LogP contribution is -2.42. The highest BCUT2D eigenvalue weighted by molar-refractivity contribution is 8.00. The van der Waals surface area contributed by atoms with Gasteiger partial charge in [0.2, 0.25) is 5.91 Å². The van der Waals surface area contributed by atoms with Crippen molar-refractivity contribution in [3.63, 3.8) is 0 Å². The molecule has 1 fully saturated rings. The van der Waals surface area contributed by atoms with E-state index in [1.165, 1.54) is 11.8 Å². The number of likely N-dealkylation sites (N-methyl/N-ethyl adjacent to an activating group) is 1. The average Bonchev–Trinajstić information content (AvgIpc) is 2.97. The molecule has 0 bridgehead atoms. The average molecular weight is 631 g/mol. The number of carbonyl (C=O) groups is 2. The zero-order valence-electron chi connectivity index (χ0n) is 28.1. The van der Waals surface area contributed by atoms with Gasteiger partial charge in [0.15, 0.2) is 0 Å². The van der Waals surface area contributed by atoms with Gasteiger partial charge < -0.3 is 33.5 Å². The van der Waals surface area contributed by atoms with Gasteiger partial charge in [0.05, 0.1) is 32.1 Å². The molecule has 1 aliphatic rings. The van der Waals surface area contributed by atoms with Crippen LogP contribution in [0, 0.1) is 12.8 Å². The minimum absolute atomic E-state index is 0.0584. The first-order valence-corrected chi connectivity index (χ1v) is 16.0. The van der Waals surface area contributed by atoms with Gasteiger partial charge >= 0.3 is 5.97 Å². The summed E-state index contributed by atoms with van der Waals surface area (Å²) in [6, 6.07) is 7.53. The first-order valence-electron chi connectivity index (χ1n) is 15.2. The Morgan fingerprint density at radius 3 is 2.09 bits per heavy atom. The predicted molar refractivity (Wildman–Crippen MR) is 175 cm³/mol. The van der Waals surface area contributed by atoms with E-state index in [0.717, 1.165) is 28.3 Å². The summed E-state index contributed by atoms with van der Waals surface area (Å²) in [5, 5.41) is 0. The molecule has 2 aromatic carbocycles. The third-order valence-electron chi connectivity index (χ3n) is 7.74. The van der Waals surface area contributed by atoms with Gasteiger partial charge in [-0.3, -0.25) is 9.59 Å². The second-order valence-corrected chi connectivity index (χ2v) is 14.2. The van der Waals surface area contributed by atoms with E-state index in [1.807, 2.05) is 64.0 Å². The second kappa shape index (κ2) is 15.8. The summed E-state index contributed by atoms with van der Waals surface area (Å²) in [5.41, 5.74) is 1.88. The van der Waals surface area contributed by atoms with Crippen molar-refractivity contribution in [3.8, 4) is 28.7 Å². The van der Waals surface area contributed by atoms with Gasteiger partial charge in [-0.05, 0) is 71.3 Å². The number of carbonyl (C=O) groups excluding carboxylic acids is 2. The number of piperidine rings is 1. The van der Waals surface area contributed by atoms with E-state index in [9.17, 15) is 9.59 Å². The topological polar surface area (TPSA) is 86.8 Å². The molecule has 0 aliphatic carbocycles. The van der Waals surface area contributed by atoms with Gasteiger partial charge in [-0.1, -0.05) is 13.8 Å². The Labute approximate surface area is 267 Å². The zero-order chi connectivity index (χ0) is 32.6. The molecule has 9 nitrogen and oxygen atoms in total. The van der Waals surface area contributed by atoms with E-state index in [2.05, 4.69) is 18.7 Å². The van der Waals surface area contributed by atoms with Crippen LogP contribution in [0.15, 0.2) is 29.2 Å². The van der Waals surface area contributed by atoms with Gasteiger partial charge in [0.25, 0.3) is 0 Å². The SMILES string of the molecule is COc1cc(OC)c(SC(C)(C)CC(=O)N2CCC(C(=O)Oc3cc(C(C)C)c(OCCN(C)C)cc3C)CC2)c(OC)c1. The van der Waals surface area contributed by atoms with Crippen molar-refractivity contribution >= 4 is 23.6 Å². The normalized spacial score (nSPS) is 14.1. The third kappa shape index (κ3) is 9.44. The molecular formula is C34H50N2O7S. The summed E-state index contributed by atoms with van der Waals surface area (Å²) in [7, 11) is 8.83. The fourth-order valence-corrected chi connectivity index (χ4v) is 6.35. The van der Waals surface area contributed by atoms with Crippen molar-refractivity contribution in [1.29, 1.82) is 0 Å². The van der Waals surface area contributed by atoms with Crippen LogP contribution in [0.2, 0.25) is 0 Å². The van der Waals surface area contributed by atoms with Crippen LogP contribution in [-0.2, 0) is 9.59 Å². The number of benzene rings is 2. The molecule has 0 atom stereocenters. The van der Waals surface area contributed by atoms with Crippen LogP contribution in [0.5, 0.6) is 28.7 Å². The first-order chi connectivity index (χ1) is 20.8. The van der Waals surface area contributed by atoms with Crippen LogP contribution >= 0.6 is 11.8 Å². The van der Waals surface area contributed by atoms with Gasteiger partial charge in [-0.25, -0.2) is 0 Å². The molecule has 0 saturated carbocycles. The summed E-state index contributed by atoms with van der Waals surface area (Å²) in [4.78, 5) is 31.3. The van der Waals surface area contributed by atoms with Crippen LogP contribution in [0.25, 0.3) is 0 Å². The molecule has 3 rings (SSSR count). The lowest BCUT2D eigenvalue weighted by atomic mass is 9.96. The Morgan fingerprint density at radius 1 is 0.955 bits per heavy atom. The monoisotopic (exact) mass is 630 g/mol. The molecule has 0 radical (unpaired) electrons. The highest BCUT2D eigenvalue weighted by atomic mass is 32.2. The number of esters is 1. The molecule has 1 amide bonds. The van der Waals surface area contributed by atoms with Crippen LogP contribution < -0.4 is 23.7 Å². The molecule has 1 saturated heterocycles. The summed E-state index contributed by atoms with van der Waals surface area (Å²) >= 11 is 1.54. The van der Waals surface area contributed by atoms with E-state index >= 15 is 0 Å². The molecule has 0 spiro atoms. The molecule has 0 unspecified atom stereocenters. The number of rotatable bonds is 14. The summed E-state index contributed by atoms with van der Waals surface area (Å²) in [6.07, 6.45) is 1.46. The number of likely N-dealkylation sites (tertiary alicyclic amines) is 1. The fourth-order valence-electron chi connectivity index (χ4n) is 5.12. The smallest absolute Gasteiger partial charge is 0.314 e. The van der Waals surface area contributed by atoms with Crippen LogP contribution in [0.1, 0.15) is 64.0 Å². The minimum Gasteiger partial charge on any atom is -0.496 e. The highest BCUT2D eigenvalue weighted by Crippen LogP contribution is 2.47. The number of amides is 1. The number of thioether (sulfide) groups is 1. The Morgan fingerprint density at radius 2 is 1.57 bits per heavy atom. The summed E-state index contributed by atoms with van der Waals surface area (Å²) in [6.45, 7) is 12.7. The van der Waals surface area contributed by atoms with E-state index < -0.39 is 4.75 Å². The van der Waals surface area contributed by atoms with Crippen molar-refractivity contribution in [3.05, 3.63) is 35.4 Å². The fraction of sp³-hybridized carbons (Fsp3) is 0.588. The minimum atomic E-state index is -0.435. The van der Waals surface area contributed by atoms with Crippen molar-refractivity contribution in [2.75, 3.05) is 61.7 Å². The van der Waals surface area contributed by atoms with E-state index in [1.54, 1.807) is 21.3 Å². The lowest BCUT2D eigenvalue weighted by Gasteiger charge is -2.34. The van der Waals surface area contributed by atoms with Crippen LogP contribution in [0.4, 0.5) is 0 Å². The number of hydrogen-bond donors (Lipinski definition) is 0. The number of ether oxygens (including phenoxy) is 5. The number of hydrogen-bond acceptors (Lipinski definition) is 9. The highest BCUT2D eigenvalue weighted by Gasteiger charge is 2.33. The number of methoxy groups -OCH3 is 3. The Bertz CT molecular complexity index is 1260. The molecule has 10 heteroatoms. The molecule has 0 N–H and O–H groups in total.